The lowest BCUT2D eigenvalue weighted by atomic mass is 10.4. The second kappa shape index (κ2) is 8.11. The van der Waals surface area contributed by atoms with Gasteiger partial charge in [0, 0.05) is 6.92 Å². The molecule has 0 aromatic heterocycles. The molecule has 0 nitrogen and oxygen atoms in total. The predicted molar refractivity (Wildman–Crippen MR) is 98.6 cm³/mol. The molecule has 0 saturated heterocycles. The average Bonchev–Trinajstić information content (AvgIpc) is 2.62. The van der Waals surface area contributed by atoms with E-state index in [0.29, 0.717) is 0 Å². The summed E-state index contributed by atoms with van der Waals surface area (Å²) in [5.41, 5.74) is 3.61. The fourth-order valence-corrected chi connectivity index (χ4v) is 6.24. The van der Waals surface area contributed by atoms with Gasteiger partial charge in [0.05, 0.1) is 5.66 Å². The Bertz CT molecular complexity index is 690. The molecule has 0 N–H and O–H groups in total. The first kappa shape index (κ1) is 17.5. The number of hydrogen-bond donors (Lipinski definition) is 0. The third-order valence-corrected chi connectivity index (χ3v) is 7.49. The van der Waals surface area contributed by atoms with E-state index in [0.717, 1.165) is 0 Å². The third-order valence-electron chi connectivity index (χ3n) is 3.71. The lowest BCUT2D eigenvalue weighted by Gasteiger charge is -2.21. The van der Waals surface area contributed by atoms with Crippen molar-refractivity contribution >= 4 is 23.2 Å². The van der Waals surface area contributed by atoms with Gasteiger partial charge in [-0.3, -0.25) is 0 Å². The Morgan fingerprint density at radius 3 is 1.13 bits per heavy atom. The number of benzene rings is 3. The molecule has 0 aliphatic carbocycles. The van der Waals surface area contributed by atoms with Gasteiger partial charge in [0.25, 0.3) is 0 Å². The van der Waals surface area contributed by atoms with Gasteiger partial charge in [-0.15, -0.1) is 0 Å². The van der Waals surface area contributed by atoms with Crippen LogP contribution in [0, 0.1) is 11.6 Å². The van der Waals surface area contributed by atoms with Crippen molar-refractivity contribution in [1.82, 2.24) is 0 Å². The van der Waals surface area contributed by atoms with Gasteiger partial charge in [0.2, 0.25) is 0 Å². The Labute approximate surface area is 149 Å². The summed E-state index contributed by atoms with van der Waals surface area (Å²) in [4.78, 5) is 0. The van der Waals surface area contributed by atoms with Crippen molar-refractivity contribution in [1.29, 1.82) is 0 Å². The van der Waals surface area contributed by atoms with Crippen LogP contribution in [0.2, 0.25) is 0 Å². The second-order valence-electron chi connectivity index (χ2n) is 5.04. The largest absolute Gasteiger partial charge is 1.00 e. The van der Waals surface area contributed by atoms with Crippen LogP contribution in [-0.2, 0) is 0 Å². The molecule has 3 rings (SSSR count). The van der Waals surface area contributed by atoms with E-state index in [4.69, 9.17) is 0 Å². The van der Waals surface area contributed by atoms with Gasteiger partial charge < -0.3 is 17.0 Å². The lowest BCUT2D eigenvalue weighted by Crippen LogP contribution is -3.00. The molecule has 23 heavy (non-hydrogen) atoms. The maximum absolute atomic E-state index is 3.61. The van der Waals surface area contributed by atoms with Crippen molar-refractivity contribution in [3.8, 4) is 11.6 Å². The van der Waals surface area contributed by atoms with Crippen molar-refractivity contribution in [2.45, 2.75) is 6.92 Å². The summed E-state index contributed by atoms with van der Waals surface area (Å²) in [5, 5.41) is 3.92. The summed E-state index contributed by atoms with van der Waals surface area (Å²) in [6, 6.07) is 32.1. The summed E-state index contributed by atoms with van der Waals surface area (Å²) >= 11 is 0. The Morgan fingerprint density at radius 2 is 0.870 bits per heavy atom. The van der Waals surface area contributed by atoms with E-state index in [1.54, 1.807) is 0 Å². The summed E-state index contributed by atoms with van der Waals surface area (Å²) in [6.45, 7) is 1.93. The predicted octanol–water partition coefficient (Wildman–Crippen LogP) is 0.965. The number of hydrogen-bond acceptors (Lipinski definition) is 0. The highest BCUT2D eigenvalue weighted by Crippen LogP contribution is 2.54. The van der Waals surface area contributed by atoms with Crippen molar-refractivity contribution in [3.05, 3.63) is 91.0 Å². The van der Waals surface area contributed by atoms with Crippen LogP contribution >= 0.6 is 7.26 Å². The molecule has 0 amide bonds. The molecule has 0 bridgehead atoms. The molecule has 2 heteroatoms. The maximum atomic E-state index is 3.61. The Kier molecular flexibility index (Phi) is 6.17. The average molecular weight is 381 g/mol. The molecule has 0 spiro atoms. The summed E-state index contributed by atoms with van der Waals surface area (Å²) < 4.78 is 0. The summed E-state index contributed by atoms with van der Waals surface area (Å²) in [6.07, 6.45) is 0. The van der Waals surface area contributed by atoms with Crippen LogP contribution in [0.3, 0.4) is 0 Å². The van der Waals surface area contributed by atoms with Crippen molar-refractivity contribution < 1.29 is 17.0 Å². The zero-order chi connectivity index (χ0) is 15.3. The first-order valence-electron chi connectivity index (χ1n) is 7.38. The first-order chi connectivity index (χ1) is 10.9. The van der Waals surface area contributed by atoms with Gasteiger partial charge >= 0.3 is 0 Å². The van der Waals surface area contributed by atoms with E-state index in [9.17, 15) is 0 Å². The Morgan fingerprint density at radius 1 is 0.565 bits per heavy atom. The van der Waals surface area contributed by atoms with Gasteiger partial charge in [-0.2, -0.15) is 0 Å². The molecule has 0 atom stereocenters. The minimum Gasteiger partial charge on any atom is -1.00 e. The van der Waals surface area contributed by atoms with Gasteiger partial charge in [0.15, 0.2) is 7.26 Å². The van der Waals surface area contributed by atoms with Crippen molar-refractivity contribution in [2.75, 3.05) is 0 Å². The molecule has 3 aromatic rings. The molecule has 0 aliphatic rings. The molecule has 0 aliphatic heterocycles. The molecule has 0 saturated carbocycles. The maximum Gasteiger partial charge on any atom is 0.189 e. The Hall–Kier alpha value is -1.87. The van der Waals surface area contributed by atoms with Gasteiger partial charge in [-0.05, 0) is 36.4 Å². The summed E-state index contributed by atoms with van der Waals surface area (Å²) in [7, 11) is -1.91. The fourth-order valence-electron chi connectivity index (χ4n) is 2.76. The van der Waals surface area contributed by atoms with E-state index in [-0.39, 0.29) is 17.0 Å². The minimum absolute atomic E-state index is 0. The molecule has 114 valence electrons. The van der Waals surface area contributed by atoms with Crippen LogP contribution in [0.1, 0.15) is 6.92 Å². The van der Waals surface area contributed by atoms with E-state index >= 15 is 0 Å². The molecule has 0 radical (unpaired) electrons. The highest BCUT2D eigenvalue weighted by Gasteiger charge is 2.44. The first-order valence-corrected chi connectivity index (χ1v) is 9.17. The zero-order valence-electron chi connectivity index (χ0n) is 13.0. The normalized spacial score (nSPS) is 10.1. The van der Waals surface area contributed by atoms with E-state index < -0.39 is 7.26 Å². The SMILES string of the molecule is CC#C[P+](c1ccccc1)(c1ccccc1)c1ccccc1.[Br-]. The highest BCUT2D eigenvalue weighted by molar-refractivity contribution is 7.99. The van der Waals surface area contributed by atoms with Crippen LogP contribution in [0.4, 0.5) is 0 Å². The van der Waals surface area contributed by atoms with Crippen LogP contribution in [0.15, 0.2) is 91.0 Å². The van der Waals surface area contributed by atoms with E-state index in [2.05, 4.69) is 103 Å². The molecule has 0 fully saturated rings. The van der Waals surface area contributed by atoms with Gasteiger partial charge in [-0.1, -0.05) is 60.5 Å². The number of rotatable bonds is 3. The van der Waals surface area contributed by atoms with Crippen LogP contribution in [0.25, 0.3) is 0 Å². The topological polar surface area (TPSA) is 0 Å². The van der Waals surface area contributed by atoms with Crippen molar-refractivity contribution in [2.24, 2.45) is 0 Å². The van der Waals surface area contributed by atoms with E-state index in [1.807, 2.05) is 6.92 Å². The smallest absolute Gasteiger partial charge is 0.189 e. The monoisotopic (exact) mass is 380 g/mol. The fraction of sp³-hybridized carbons (Fsp3) is 0.0476. The minimum atomic E-state index is -1.91. The van der Waals surface area contributed by atoms with Crippen LogP contribution < -0.4 is 32.9 Å². The lowest BCUT2D eigenvalue weighted by molar-refractivity contribution is -0.00000426. The number of halogens is 1. The zero-order valence-corrected chi connectivity index (χ0v) is 15.5. The molecule has 0 unspecified atom stereocenters. The van der Waals surface area contributed by atoms with E-state index in [1.165, 1.54) is 15.9 Å². The molecule has 0 heterocycles. The highest BCUT2D eigenvalue weighted by atomic mass is 79.9. The Balaban J connectivity index is 0.00000192. The quantitative estimate of drug-likeness (QED) is 0.469. The standard InChI is InChI=1S/C21H18P.BrH/c1-2-18-22(19-12-6-3-7-13-19,20-14-8-4-9-15-20)21-16-10-5-11-17-21;/h3-17H,1H3;1H/q+1;/p-1. The van der Waals surface area contributed by atoms with Crippen LogP contribution in [-0.4, -0.2) is 0 Å². The van der Waals surface area contributed by atoms with Gasteiger partial charge in [0.1, 0.15) is 15.9 Å². The van der Waals surface area contributed by atoms with Crippen molar-refractivity contribution in [3.63, 3.8) is 0 Å². The second-order valence-corrected chi connectivity index (χ2v) is 8.15. The van der Waals surface area contributed by atoms with Gasteiger partial charge in [-0.25, -0.2) is 0 Å². The molecular weight excluding hydrogens is 363 g/mol. The summed E-state index contributed by atoms with van der Waals surface area (Å²) in [5.74, 6) is 3.20. The van der Waals surface area contributed by atoms with Crippen LogP contribution in [0.5, 0.6) is 0 Å². The molecule has 3 aromatic carbocycles. The third kappa shape index (κ3) is 3.40. The molecular formula is C21H18BrP.